The number of allylic oxidation sites excluding steroid dienone is 3. The largest absolute Gasteiger partial charge is 0.506 e. The lowest BCUT2D eigenvalue weighted by Crippen LogP contribution is -2.07. The summed E-state index contributed by atoms with van der Waals surface area (Å²) >= 11 is 0. The minimum atomic E-state index is -0.129. The van der Waals surface area contributed by atoms with Crippen molar-refractivity contribution in [2.24, 2.45) is 0 Å². The van der Waals surface area contributed by atoms with E-state index in [4.69, 9.17) is 0 Å². The lowest BCUT2D eigenvalue weighted by atomic mass is 9.99. The van der Waals surface area contributed by atoms with Crippen LogP contribution in [0.2, 0.25) is 0 Å². The van der Waals surface area contributed by atoms with Gasteiger partial charge in [0.05, 0.1) is 11.0 Å². The van der Waals surface area contributed by atoms with Crippen molar-refractivity contribution in [3.8, 4) is 0 Å². The molecule has 29 heavy (non-hydrogen) atoms. The van der Waals surface area contributed by atoms with E-state index >= 15 is 0 Å². The lowest BCUT2D eigenvalue weighted by Gasteiger charge is -2.09. The summed E-state index contributed by atoms with van der Waals surface area (Å²) in [4.78, 5) is 20.8. The molecule has 0 aliphatic carbocycles. The molecule has 3 rings (SSSR count). The van der Waals surface area contributed by atoms with Gasteiger partial charge in [-0.2, -0.15) is 0 Å². The summed E-state index contributed by atoms with van der Waals surface area (Å²) in [5.74, 6) is 0.194. The maximum atomic E-state index is 13.1. The van der Waals surface area contributed by atoms with Gasteiger partial charge in [0.1, 0.15) is 17.2 Å². The lowest BCUT2D eigenvalue weighted by molar-refractivity contribution is -0.113. The Bertz CT molecular complexity index is 1040. The number of carbonyl (C=O) groups is 1. The molecule has 0 amide bonds. The molecule has 0 spiro atoms. The molecule has 0 atom stereocenters. The highest BCUT2D eigenvalue weighted by Crippen LogP contribution is 2.27. The van der Waals surface area contributed by atoms with Crippen LogP contribution >= 0.6 is 0 Å². The first-order valence-electron chi connectivity index (χ1n) is 9.93. The van der Waals surface area contributed by atoms with Gasteiger partial charge < -0.3 is 10.1 Å². The van der Waals surface area contributed by atoms with Crippen LogP contribution in [-0.2, 0) is 4.79 Å². The number of benzene rings is 2. The van der Waals surface area contributed by atoms with Crippen molar-refractivity contribution in [2.45, 2.75) is 32.6 Å². The molecule has 148 valence electrons. The van der Waals surface area contributed by atoms with E-state index in [0.29, 0.717) is 17.8 Å². The molecule has 4 nitrogen and oxygen atoms in total. The summed E-state index contributed by atoms with van der Waals surface area (Å²) in [7, 11) is 0. The van der Waals surface area contributed by atoms with Gasteiger partial charge in [-0.05, 0) is 43.0 Å². The highest BCUT2D eigenvalue weighted by molar-refractivity contribution is 6.26. The fourth-order valence-corrected chi connectivity index (χ4v) is 3.19. The number of nitrogens with one attached hydrogen (secondary N) is 1. The van der Waals surface area contributed by atoms with Crippen LogP contribution in [0.15, 0.2) is 67.3 Å². The molecule has 0 aliphatic rings. The molecule has 3 aromatic rings. The van der Waals surface area contributed by atoms with Crippen molar-refractivity contribution < 1.29 is 9.90 Å². The highest BCUT2D eigenvalue weighted by atomic mass is 16.3. The minimum absolute atomic E-state index is 0.0677. The Hall–Kier alpha value is -3.40. The molecule has 0 fully saturated rings. The number of H-pyrrole nitrogens is 1. The van der Waals surface area contributed by atoms with Crippen molar-refractivity contribution in [1.82, 2.24) is 9.97 Å². The normalized spacial score (nSPS) is 12.3. The fourth-order valence-electron chi connectivity index (χ4n) is 3.19. The van der Waals surface area contributed by atoms with Gasteiger partial charge in [-0.25, -0.2) is 4.98 Å². The summed E-state index contributed by atoms with van der Waals surface area (Å²) in [6.07, 6.45) is 8.77. The molecule has 4 heteroatoms. The average molecular weight is 386 g/mol. The van der Waals surface area contributed by atoms with Gasteiger partial charge in [0.25, 0.3) is 0 Å². The van der Waals surface area contributed by atoms with E-state index in [1.54, 1.807) is 12.1 Å². The number of nitrogens with zero attached hydrogens (tertiary/aromatic N) is 1. The summed E-state index contributed by atoms with van der Waals surface area (Å²) in [6, 6.07) is 14.9. The Morgan fingerprint density at radius 2 is 2.00 bits per heavy atom. The second-order valence-corrected chi connectivity index (χ2v) is 6.85. The molecule has 0 unspecified atom stereocenters. The SMILES string of the molecule is C=Cc1cccc(C(O)=C(C(=O)CCC/C=C\CC)c2nc3ccccc3[nH]2)c1. The molecular formula is C25H26N2O2. The second kappa shape index (κ2) is 9.69. The number of rotatable bonds is 9. The predicted molar refractivity (Wildman–Crippen MR) is 120 cm³/mol. The number of hydrogen-bond donors (Lipinski definition) is 2. The minimum Gasteiger partial charge on any atom is -0.506 e. The van der Waals surface area contributed by atoms with Gasteiger partial charge in [-0.15, -0.1) is 0 Å². The third-order valence-corrected chi connectivity index (χ3v) is 4.71. The van der Waals surface area contributed by atoms with Crippen LogP contribution in [0.25, 0.3) is 28.4 Å². The van der Waals surface area contributed by atoms with Crippen LogP contribution in [0.1, 0.15) is 49.6 Å². The number of aliphatic hydroxyl groups is 1. The van der Waals surface area contributed by atoms with Crippen molar-refractivity contribution in [3.63, 3.8) is 0 Å². The van der Waals surface area contributed by atoms with Crippen LogP contribution in [0, 0.1) is 0 Å². The van der Waals surface area contributed by atoms with Crippen LogP contribution in [0.4, 0.5) is 0 Å². The molecule has 2 N–H and O–H groups in total. The highest BCUT2D eigenvalue weighted by Gasteiger charge is 2.22. The maximum Gasteiger partial charge on any atom is 0.170 e. The van der Waals surface area contributed by atoms with Crippen molar-refractivity contribution in [1.29, 1.82) is 0 Å². The quantitative estimate of drug-likeness (QED) is 0.195. The summed E-state index contributed by atoms with van der Waals surface area (Å²) in [5.41, 5.74) is 3.24. The average Bonchev–Trinajstić information content (AvgIpc) is 3.17. The zero-order valence-corrected chi connectivity index (χ0v) is 16.7. The van der Waals surface area contributed by atoms with E-state index in [2.05, 4.69) is 35.6 Å². The molecule has 0 radical (unpaired) electrons. The van der Waals surface area contributed by atoms with Gasteiger partial charge in [0.15, 0.2) is 5.78 Å². The topological polar surface area (TPSA) is 66.0 Å². The maximum absolute atomic E-state index is 13.1. The first kappa shape index (κ1) is 20.3. The Morgan fingerprint density at radius 1 is 1.17 bits per heavy atom. The second-order valence-electron chi connectivity index (χ2n) is 6.85. The zero-order chi connectivity index (χ0) is 20.6. The zero-order valence-electron chi connectivity index (χ0n) is 16.7. The molecule has 0 bridgehead atoms. The monoisotopic (exact) mass is 386 g/mol. The molecule has 1 heterocycles. The number of para-hydroxylation sites is 2. The summed E-state index contributed by atoms with van der Waals surface area (Å²) in [6.45, 7) is 5.86. The fraction of sp³-hybridized carbons (Fsp3) is 0.200. The van der Waals surface area contributed by atoms with Crippen molar-refractivity contribution in [2.75, 3.05) is 0 Å². The van der Waals surface area contributed by atoms with Crippen LogP contribution < -0.4 is 0 Å². The number of Topliss-reactive ketones (excluding diaryl/α,β-unsaturated/α-hetero) is 1. The predicted octanol–water partition coefficient (Wildman–Crippen LogP) is 6.34. The smallest absolute Gasteiger partial charge is 0.170 e. The summed E-state index contributed by atoms with van der Waals surface area (Å²) in [5, 5.41) is 11.0. The van der Waals surface area contributed by atoms with Crippen LogP contribution in [0.3, 0.4) is 0 Å². The van der Waals surface area contributed by atoms with E-state index in [0.717, 1.165) is 35.9 Å². The van der Waals surface area contributed by atoms with E-state index < -0.39 is 0 Å². The number of aromatic amines is 1. The van der Waals surface area contributed by atoms with E-state index in [1.165, 1.54) is 0 Å². The first-order chi connectivity index (χ1) is 14.1. The van der Waals surface area contributed by atoms with Crippen molar-refractivity contribution >= 4 is 34.2 Å². The summed E-state index contributed by atoms with van der Waals surface area (Å²) < 4.78 is 0. The third kappa shape index (κ3) is 4.91. The van der Waals surface area contributed by atoms with Crippen molar-refractivity contribution in [3.05, 3.63) is 84.2 Å². The molecule has 1 aromatic heterocycles. The van der Waals surface area contributed by atoms with E-state index in [1.807, 2.05) is 42.5 Å². The Kier molecular flexibility index (Phi) is 6.80. The number of fused-ring (bicyclic) bond motifs is 1. The number of unbranched alkanes of at least 4 members (excludes halogenated alkanes) is 1. The van der Waals surface area contributed by atoms with Crippen LogP contribution in [-0.4, -0.2) is 20.9 Å². The Morgan fingerprint density at radius 3 is 2.76 bits per heavy atom. The number of aromatic nitrogens is 2. The number of hydrogen-bond acceptors (Lipinski definition) is 3. The number of ketones is 1. The molecule has 0 saturated heterocycles. The Balaban J connectivity index is 2.01. The van der Waals surface area contributed by atoms with Gasteiger partial charge in [-0.3, -0.25) is 4.79 Å². The molecule has 0 aliphatic heterocycles. The number of imidazole rings is 1. The standard InChI is InChI=1S/C25H26N2O2/c1-3-5-6-7-8-16-22(28)23(24(29)19-13-11-12-18(4-2)17-19)25-26-20-14-9-10-15-21(20)27-25/h4-6,9-15,17,29H,2-3,7-8,16H2,1H3,(H,26,27)/b6-5-,24-23?. The van der Waals surface area contributed by atoms with Gasteiger partial charge >= 0.3 is 0 Å². The van der Waals surface area contributed by atoms with Gasteiger partial charge in [0, 0.05) is 12.0 Å². The van der Waals surface area contributed by atoms with E-state index in [9.17, 15) is 9.90 Å². The third-order valence-electron chi connectivity index (χ3n) is 4.71. The molecule has 0 saturated carbocycles. The van der Waals surface area contributed by atoms with Gasteiger partial charge in [0.2, 0.25) is 0 Å². The van der Waals surface area contributed by atoms with E-state index in [-0.39, 0.29) is 17.1 Å². The Labute approximate surface area is 171 Å². The number of carbonyl (C=O) groups excluding carboxylic acids is 1. The molecule has 2 aromatic carbocycles. The van der Waals surface area contributed by atoms with Gasteiger partial charge in [-0.1, -0.05) is 62.1 Å². The first-order valence-corrected chi connectivity index (χ1v) is 9.93. The van der Waals surface area contributed by atoms with Crippen LogP contribution in [0.5, 0.6) is 0 Å². The number of aliphatic hydroxyl groups excluding tert-OH is 1. The molecular weight excluding hydrogens is 360 g/mol.